The zero-order valence-corrected chi connectivity index (χ0v) is 9.77. The van der Waals surface area contributed by atoms with Gasteiger partial charge < -0.3 is 4.90 Å². The lowest BCUT2D eigenvalue weighted by molar-refractivity contribution is 0.136. The Kier molecular flexibility index (Phi) is 3.78. The molecule has 0 saturated heterocycles. The van der Waals surface area contributed by atoms with E-state index >= 15 is 0 Å². The average Bonchev–Trinajstić information content (AvgIpc) is 2.84. The van der Waals surface area contributed by atoms with Crippen molar-refractivity contribution < 1.29 is 0 Å². The van der Waals surface area contributed by atoms with Crippen LogP contribution >= 0.6 is 0 Å². The first kappa shape index (κ1) is 11.0. The fraction of sp³-hybridized carbons (Fsp3) is 1.00. The first-order valence-electron chi connectivity index (χ1n) is 5.77. The maximum absolute atomic E-state index is 2.56. The Balaban J connectivity index is 2.26. The molecule has 0 spiro atoms. The predicted octanol–water partition coefficient (Wildman–Crippen LogP) is 3.30. The summed E-state index contributed by atoms with van der Waals surface area (Å²) in [5.41, 5.74) is 0.415. The SMILES string of the molecule is CCCCC(C)(C)N(C)CC1CC1. The minimum Gasteiger partial charge on any atom is -0.301 e. The van der Waals surface area contributed by atoms with Gasteiger partial charge in [0.1, 0.15) is 0 Å². The molecule has 0 unspecified atom stereocenters. The highest BCUT2D eigenvalue weighted by Gasteiger charge is 2.29. The van der Waals surface area contributed by atoms with Crippen molar-refractivity contribution in [2.75, 3.05) is 13.6 Å². The Morgan fingerprint density at radius 1 is 1.31 bits per heavy atom. The normalized spacial score (nSPS) is 18.2. The number of hydrogen-bond acceptors (Lipinski definition) is 1. The van der Waals surface area contributed by atoms with E-state index in [4.69, 9.17) is 0 Å². The minimum absolute atomic E-state index is 0.415. The van der Waals surface area contributed by atoms with Gasteiger partial charge in [0.2, 0.25) is 0 Å². The van der Waals surface area contributed by atoms with E-state index in [1.807, 2.05) is 0 Å². The fourth-order valence-corrected chi connectivity index (χ4v) is 1.74. The molecule has 1 saturated carbocycles. The lowest BCUT2D eigenvalue weighted by atomic mass is 9.95. The molecule has 0 aliphatic heterocycles. The van der Waals surface area contributed by atoms with Crippen molar-refractivity contribution in [3.05, 3.63) is 0 Å². The average molecular weight is 183 g/mol. The molecule has 0 radical (unpaired) electrons. The molecule has 0 N–H and O–H groups in total. The lowest BCUT2D eigenvalue weighted by Crippen LogP contribution is -2.42. The number of nitrogens with zero attached hydrogens (tertiary/aromatic N) is 1. The van der Waals surface area contributed by atoms with Gasteiger partial charge in [-0.2, -0.15) is 0 Å². The molecule has 0 heterocycles. The Morgan fingerprint density at radius 2 is 1.92 bits per heavy atom. The number of rotatable bonds is 6. The Labute approximate surface area is 83.5 Å². The van der Waals surface area contributed by atoms with Crippen molar-refractivity contribution in [3.63, 3.8) is 0 Å². The molecule has 1 heteroatoms. The maximum atomic E-state index is 2.56. The molecule has 78 valence electrons. The summed E-state index contributed by atoms with van der Waals surface area (Å²) in [5, 5.41) is 0. The number of hydrogen-bond donors (Lipinski definition) is 0. The van der Waals surface area contributed by atoms with Crippen LogP contribution in [0.4, 0.5) is 0 Å². The largest absolute Gasteiger partial charge is 0.301 e. The third-order valence-electron chi connectivity index (χ3n) is 3.40. The van der Waals surface area contributed by atoms with Crippen molar-refractivity contribution in [3.8, 4) is 0 Å². The van der Waals surface area contributed by atoms with Crippen LogP contribution in [0.5, 0.6) is 0 Å². The van der Waals surface area contributed by atoms with Gasteiger partial charge in [-0.25, -0.2) is 0 Å². The highest BCUT2D eigenvalue weighted by molar-refractivity contribution is 4.84. The van der Waals surface area contributed by atoms with E-state index in [2.05, 4.69) is 32.7 Å². The molecule has 1 fully saturated rings. The second kappa shape index (κ2) is 4.45. The number of unbranched alkanes of at least 4 members (excludes halogenated alkanes) is 1. The highest BCUT2D eigenvalue weighted by Crippen LogP contribution is 2.32. The van der Waals surface area contributed by atoms with Gasteiger partial charge >= 0.3 is 0 Å². The maximum Gasteiger partial charge on any atom is 0.0150 e. The molecule has 0 aromatic carbocycles. The van der Waals surface area contributed by atoms with Gasteiger partial charge in [0.15, 0.2) is 0 Å². The van der Waals surface area contributed by atoms with Crippen LogP contribution in [0.15, 0.2) is 0 Å². The van der Waals surface area contributed by atoms with Crippen LogP contribution < -0.4 is 0 Å². The van der Waals surface area contributed by atoms with Gasteiger partial charge in [-0.15, -0.1) is 0 Å². The standard InChI is InChI=1S/C12H25N/c1-5-6-9-12(2,3)13(4)10-11-7-8-11/h11H,5-10H2,1-4H3. The molecule has 0 atom stereocenters. The summed E-state index contributed by atoms with van der Waals surface area (Å²) in [6.45, 7) is 8.35. The Hall–Kier alpha value is -0.0400. The molecule has 13 heavy (non-hydrogen) atoms. The molecule has 0 aromatic rings. The summed E-state index contributed by atoms with van der Waals surface area (Å²) in [6, 6.07) is 0. The van der Waals surface area contributed by atoms with Crippen molar-refractivity contribution in [1.29, 1.82) is 0 Å². The van der Waals surface area contributed by atoms with E-state index in [9.17, 15) is 0 Å². The van der Waals surface area contributed by atoms with Gasteiger partial charge in [0.25, 0.3) is 0 Å². The van der Waals surface area contributed by atoms with Crippen LogP contribution in [0.2, 0.25) is 0 Å². The summed E-state index contributed by atoms with van der Waals surface area (Å²) < 4.78 is 0. The summed E-state index contributed by atoms with van der Waals surface area (Å²) in [7, 11) is 2.29. The molecular formula is C12H25N. The van der Waals surface area contributed by atoms with Gasteiger partial charge in [-0.1, -0.05) is 19.8 Å². The topological polar surface area (TPSA) is 3.24 Å². The van der Waals surface area contributed by atoms with Gasteiger partial charge in [0, 0.05) is 12.1 Å². The quantitative estimate of drug-likeness (QED) is 0.611. The van der Waals surface area contributed by atoms with Crippen LogP contribution in [0, 0.1) is 5.92 Å². The zero-order valence-electron chi connectivity index (χ0n) is 9.77. The van der Waals surface area contributed by atoms with Crippen LogP contribution in [-0.2, 0) is 0 Å². The van der Waals surface area contributed by atoms with Crippen molar-refractivity contribution in [2.45, 2.75) is 58.4 Å². The highest BCUT2D eigenvalue weighted by atomic mass is 15.2. The summed E-state index contributed by atoms with van der Waals surface area (Å²) >= 11 is 0. The van der Waals surface area contributed by atoms with Gasteiger partial charge in [0.05, 0.1) is 0 Å². The zero-order chi connectivity index (χ0) is 9.90. The van der Waals surface area contributed by atoms with Crippen LogP contribution in [0.1, 0.15) is 52.9 Å². The Bertz CT molecular complexity index is 147. The lowest BCUT2D eigenvalue weighted by Gasteiger charge is -2.36. The summed E-state index contributed by atoms with van der Waals surface area (Å²) in [5.74, 6) is 1.02. The van der Waals surface area contributed by atoms with Crippen LogP contribution in [-0.4, -0.2) is 24.0 Å². The van der Waals surface area contributed by atoms with Crippen molar-refractivity contribution in [2.24, 2.45) is 5.92 Å². The second-order valence-electron chi connectivity index (χ2n) is 5.24. The molecule has 1 nitrogen and oxygen atoms in total. The molecule has 1 rings (SSSR count). The van der Waals surface area contributed by atoms with Crippen LogP contribution in [0.25, 0.3) is 0 Å². The van der Waals surface area contributed by atoms with Crippen LogP contribution in [0.3, 0.4) is 0 Å². The molecule has 0 aromatic heterocycles. The van der Waals surface area contributed by atoms with E-state index in [-0.39, 0.29) is 0 Å². The third-order valence-corrected chi connectivity index (χ3v) is 3.40. The Morgan fingerprint density at radius 3 is 2.38 bits per heavy atom. The first-order chi connectivity index (χ1) is 6.06. The van der Waals surface area contributed by atoms with E-state index in [0.29, 0.717) is 5.54 Å². The van der Waals surface area contributed by atoms with E-state index in [1.54, 1.807) is 0 Å². The molecule has 1 aliphatic rings. The molecular weight excluding hydrogens is 158 g/mol. The van der Waals surface area contributed by atoms with E-state index < -0.39 is 0 Å². The predicted molar refractivity (Wildman–Crippen MR) is 59.0 cm³/mol. The van der Waals surface area contributed by atoms with Crippen molar-refractivity contribution >= 4 is 0 Å². The smallest absolute Gasteiger partial charge is 0.0150 e. The van der Waals surface area contributed by atoms with Gasteiger partial charge in [-0.3, -0.25) is 0 Å². The molecule has 0 amide bonds. The minimum atomic E-state index is 0.415. The van der Waals surface area contributed by atoms with Crippen molar-refractivity contribution in [1.82, 2.24) is 4.90 Å². The summed E-state index contributed by atoms with van der Waals surface area (Å²) in [6.07, 6.45) is 6.96. The third kappa shape index (κ3) is 3.68. The van der Waals surface area contributed by atoms with E-state index in [0.717, 1.165) is 5.92 Å². The van der Waals surface area contributed by atoms with E-state index in [1.165, 1.54) is 38.6 Å². The first-order valence-corrected chi connectivity index (χ1v) is 5.77. The second-order valence-corrected chi connectivity index (χ2v) is 5.24. The molecule has 0 bridgehead atoms. The summed E-state index contributed by atoms with van der Waals surface area (Å²) in [4.78, 5) is 2.56. The monoisotopic (exact) mass is 183 g/mol. The molecule has 1 aliphatic carbocycles. The van der Waals surface area contributed by atoms with Gasteiger partial charge in [-0.05, 0) is 46.1 Å². The fourth-order valence-electron chi connectivity index (χ4n) is 1.74.